The maximum absolute atomic E-state index is 6.37. The molecule has 0 aromatic heterocycles. The third-order valence-corrected chi connectivity index (χ3v) is 5.38. The molecule has 1 unspecified atom stereocenters. The first-order chi connectivity index (χ1) is 13.1. The fraction of sp³-hybridized carbons (Fsp3) is 0.381. The number of nitrogens with zero attached hydrogens (tertiary/aromatic N) is 1. The van der Waals surface area contributed by atoms with Gasteiger partial charge in [-0.05, 0) is 61.3 Å². The highest BCUT2D eigenvalue weighted by molar-refractivity contribution is 7.80. The van der Waals surface area contributed by atoms with Crippen molar-refractivity contribution in [3.63, 3.8) is 0 Å². The van der Waals surface area contributed by atoms with Gasteiger partial charge in [-0.1, -0.05) is 35.9 Å². The zero-order valence-corrected chi connectivity index (χ0v) is 17.3. The van der Waals surface area contributed by atoms with Crippen molar-refractivity contribution in [3.8, 4) is 5.75 Å². The largest absolute Gasteiger partial charge is 0.495 e. The highest BCUT2D eigenvalue weighted by Gasteiger charge is 2.22. The number of rotatable bonds is 6. The van der Waals surface area contributed by atoms with E-state index < -0.39 is 0 Å². The van der Waals surface area contributed by atoms with Crippen molar-refractivity contribution in [2.45, 2.75) is 32.4 Å². The zero-order chi connectivity index (χ0) is 19.2. The fourth-order valence-corrected chi connectivity index (χ4v) is 3.63. The number of anilines is 1. The summed E-state index contributed by atoms with van der Waals surface area (Å²) < 4.78 is 11.3. The van der Waals surface area contributed by atoms with Crippen LogP contribution in [0.15, 0.2) is 42.5 Å². The monoisotopic (exact) mass is 404 g/mol. The van der Waals surface area contributed by atoms with Crippen LogP contribution in [0, 0.1) is 6.92 Å². The van der Waals surface area contributed by atoms with Crippen LogP contribution in [0.2, 0.25) is 5.02 Å². The van der Waals surface area contributed by atoms with Gasteiger partial charge in [-0.3, -0.25) is 0 Å². The molecule has 2 aromatic carbocycles. The number of hydrogen-bond donors (Lipinski definition) is 1. The zero-order valence-electron chi connectivity index (χ0n) is 15.7. The van der Waals surface area contributed by atoms with E-state index in [-0.39, 0.29) is 6.10 Å². The summed E-state index contributed by atoms with van der Waals surface area (Å²) in [5, 5.41) is 4.71. The smallest absolute Gasteiger partial charge is 0.173 e. The number of nitrogens with one attached hydrogen (secondary N) is 1. The summed E-state index contributed by atoms with van der Waals surface area (Å²) in [7, 11) is 1.66. The Hall–Kier alpha value is -1.82. The van der Waals surface area contributed by atoms with E-state index in [2.05, 4.69) is 10.2 Å². The van der Waals surface area contributed by atoms with Crippen molar-refractivity contribution in [3.05, 3.63) is 58.6 Å². The quantitative estimate of drug-likeness (QED) is 0.682. The average Bonchev–Trinajstić information content (AvgIpc) is 3.17. The van der Waals surface area contributed by atoms with Gasteiger partial charge in [-0.15, -0.1) is 0 Å². The Bertz CT molecular complexity index is 794. The van der Waals surface area contributed by atoms with E-state index in [9.17, 15) is 0 Å². The molecule has 6 heteroatoms. The molecule has 0 aliphatic carbocycles. The molecule has 1 N–H and O–H groups in total. The highest BCUT2D eigenvalue weighted by Crippen LogP contribution is 2.26. The van der Waals surface area contributed by atoms with Crippen molar-refractivity contribution >= 4 is 34.6 Å². The molecule has 1 saturated heterocycles. The van der Waals surface area contributed by atoms with Crippen LogP contribution in [0.1, 0.15) is 24.0 Å². The number of thiocarbonyl (C=S) groups is 1. The lowest BCUT2D eigenvalue weighted by atomic mass is 10.2. The number of hydrogen-bond acceptors (Lipinski definition) is 3. The highest BCUT2D eigenvalue weighted by atomic mass is 35.5. The van der Waals surface area contributed by atoms with Gasteiger partial charge in [-0.25, -0.2) is 0 Å². The lowest BCUT2D eigenvalue weighted by molar-refractivity contribution is 0.0905. The summed E-state index contributed by atoms with van der Waals surface area (Å²) in [6.07, 6.45) is 2.33. The van der Waals surface area contributed by atoms with Gasteiger partial charge in [-0.2, -0.15) is 0 Å². The molecule has 3 rings (SSSR count). The summed E-state index contributed by atoms with van der Waals surface area (Å²) in [6, 6.07) is 13.9. The van der Waals surface area contributed by atoms with Crippen molar-refractivity contribution in [2.24, 2.45) is 0 Å². The Balaban J connectivity index is 1.78. The molecular formula is C21H25ClN2O2S. The minimum Gasteiger partial charge on any atom is -0.495 e. The average molecular weight is 405 g/mol. The first-order valence-corrected chi connectivity index (χ1v) is 9.91. The Morgan fingerprint density at radius 1 is 1.33 bits per heavy atom. The molecular weight excluding hydrogens is 380 g/mol. The third-order valence-electron chi connectivity index (χ3n) is 4.65. The van der Waals surface area contributed by atoms with E-state index in [0.717, 1.165) is 53.6 Å². The number of benzene rings is 2. The standard InChI is InChI=1S/C21H25ClN2O2S/c1-15-9-10-19(20(12-15)25-2)23-21(27)24(14-17-7-5-11-26-17)13-16-6-3-4-8-18(16)22/h3-4,6,8-10,12,17H,5,7,11,13-14H2,1-2H3,(H,23,27). The molecule has 144 valence electrons. The molecule has 27 heavy (non-hydrogen) atoms. The van der Waals surface area contributed by atoms with Crippen LogP contribution in [0.3, 0.4) is 0 Å². The lowest BCUT2D eigenvalue weighted by Crippen LogP contribution is -2.39. The predicted molar refractivity (Wildman–Crippen MR) is 115 cm³/mol. The van der Waals surface area contributed by atoms with Crippen LogP contribution < -0.4 is 10.1 Å². The molecule has 0 spiro atoms. The Morgan fingerprint density at radius 2 is 2.15 bits per heavy atom. The van der Waals surface area contributed by atoms with Crippen molar-refractivity contribution in [1.29, 1.82) is 0 Å². The Labute approximate surface area is 171 Å². The van der Waals surface area contributed by atoms with Crippen LogP contribution in [0.25, 0.3) is 0 Å². The summed E-state index contributed by atoms with van der Waals surface area (Å²) in [4.78, 5) is 2.12. The van der Waals surface area contributed by atoms with Crippen LogP contribution >= 0.6 is 23.8 Å². The van der Waals surface area contributed by atoms with E-state index in [1.54, 1.807) is 7.11 Å². The van der Waals surface area contributed by atoms with Crippen LogP contribution in [-0.4, -0.2) is 36.4 Å². The molecule has 0 saturated carbocycles. The first-order valence-electron chi connectivity index (χ1n) is 9.12. The van der Waals surface area contributed by atoms with Gasteiger partial charge in [0.05, 0.1) is 18.9 Å². The molecule has 1 fully saturated rings. The Kier molecular flexibility index (Phi) is 6.94. The second kappa shape index (κ2) is 9.40. The first kappa shape index (κ1) is 19.9. The number of aryl methyl sites for hydroxylation is 1. The van der Waals surface area contributed by atoms with Gasteiger partial charge in [0, 0.05) is 24.7 Å². The van der Waals surface area contributed by atoms with E-state index in [0.29, 0.717) is 11.7 Å². The topological polar surface area (TPSA) is 33.7 Å². The summed E-state index contributed by atoms with van der Waals surface area (Å²) in [5.74, 6) is 0.771. The van der Waals surface area contributed by atoms with Gasteiger partial charge < -0.3 is 19.7 Å². The second-order valence-electron chi connectivity index (χ2n) is 6.74. The fourth-order valence-electron chi connectivity index (χ4n) is 3.18. The SMILES string of the molecule is COc1cc(C)ccc1NC(=S)N(Cc1ccccc1Cl)CC1CCCO1. The van der Waals surface area contributed by atoms with Gasteiger partial charge in [0.15, 0.2) is 5.11 Å². The van der Waals surface area contributed by atoms with E-state index >= 15 is 0 Å². The minimum absolute atomic E-state index is 0.187. The maximum atomic E-state index is 6.37. The van der Waals surface area contributed by atoms with Crippen molar-refractivity contribution in [1.82, 2.24) is 4.90 Å². The van der Waals surface area contributed by atoms with E-state index in [1.165, 1.54) is 0 Å². The van der Waals surface area contributed by atoms with Crippen LogP contribution in [-0.2, 0) is 11.3 Å². The van der Waals surface area contributed by atoms with Crippen molar-refractivity contribution < 1.29 is 9.47 Å². The summed E-state index contributed by atoms with van der Waals surface area (Å²) >= 11 is 12.1. The second-order valence-corrected chi connectivity index (χ2v) is 7.53. The minimum atomic E-state index is 0.187. The van der Waals surface area contributed by atoms with E-state index in [1.807, 2.05) is 49.4 Å². The maximum Gasteiger partial charge on any atom is 0.173 e. The molecule has 0 bridgehead atoms. The predicted octanol–water partition coefficient (Wildman–Crippen LogP) is 5.04. The number of methoxy groups -OCH3 is 1. The lowest BCUT2D eigenvalue weighted by Gasteiger charge is -2.29. The molecule has 2 aromatic rings. The molecule has 0 radical (unpaired) electrons. The molecule has 1 atom stereocenters. The van der Waals surface area contributed by atoms with E-state index in [4.69, 9.17) is 33.3 Å². The van der Waals surface area contributed by atoms with Crippen LogP contribution in [0.4, 0.5) is 5.69 Å². The van der Waals surface area contributed by atoms with Gasteiger partial charge in [0.25, 0.3) is 0 Å². The summed E-state index contributed by atoms with van der Waals surface area (Å²) in [6.45, 7) is 4.20. The van der Waals surface area contributed by atoms with Gasteiger partial charge in [0.1, 0.15) is 5.75 Å². The third kappa shape index (κ3) is 5.34. The molecule has 1 aliphatic rings. The molecule has 1 heterocycles. The number of halogens is 1. The Morgan fingerprint density at radius 3 is 2.85 bits per heavy atom. The molecule has 0 amide bonds. The molecule has 4 nitrogen and oxygen atoms in total. The van der Waals surface area contributed by atoms with Crippen molar-refractivity contribution in [2.75, 3.05) is 25.6 Å². The van der Waals surface area contributed by atoms with Gasteiger partial charge >= 0.3 is 0 Å². The number of ether oxygens (including phenoxy) is 2. The summed E-state index contributed by atoms with van der Waals surface area (Å²) in [5.41, 5.74) is 3.03. The molecule has 1 aliphatic heterocycles. The normalized spacial score (nSPS) is 16.2. The van der Waals surface area contributed by atoms with Crippen LogP contribution in [0.5, 0.6) is 5.75 Å². The van der Waals surface area contributed by atoms with Gasteiger partial charge in [0.2, 0.25) is 0 Å².